The Bertz CT molecular complexity index is 610. The molecule has 0 aromatic carbocycles. The summed E-state index contributed by atoms with van der Waals surface area (Å²) in [6, 6.07) is 0. The first-order chi connectivity index (χ1) is 24.3. The molecule has 10 nitrogen and oxygen atoms in total. The third kappa shape index (κ3) is 45.1. The fourth-order valence-electron chi connectivity index (χ4n) is 5.02. The monoisotopic (exact) mass is 707 g/mol. The number of esters is 1. The molecule has 0 aliphatic heterocycles. The first-order valence-electron chi connectivity index (χ1n) is 20.1. The topological polar surface area (TPSA) is 100 Å². The Labute approximate surface area is 301 Å². The van der Waals surface area contributed by atoms with E-state index in [1.165, 1.54) is 96.3 Å². The average Bonchev–Trinajstić information content (AvgIpc) is 3.11. The highest BCUT2D eigenvalue weighted by molar-refractivity contribution is 5.69. The van der Waals surface area contributed by atoms with Crippen LogP contribution in [0.1, 0.15) is 136 Å². The van der Waals surface area contributed by atoms with Crippen LogP contribution in [-0.2, 0) is 47.4 Å². The van der Waals surface area contributed by atoms with Crippen molar-refractivity contribution in [2.75, 3.05) is 112 Å². The summed E-state index contributed by atoms with van der Waals surface area (Å²) in [5, 5.41) is 0. The Balaban J connectivity index is 3.08. The molecule has 0 N–H and O–H groups in total. The van der Waals surface area contributed by atoms with E-state index in [0.29, 0.717) is 112 Å². The van der Waals surface area contributed by atoms with Gasteiger partial charge in [-0.25, -0.2) is 0 Å². The average molecular weight is 707 g/mol. The second kappa shape index (κ2) is 45.2. The number of ether oxygens (including phenoxy) is 9. The van der Waals surface area contributed by atoms with Gasteiger partial charge in [-0.15, -0.1) is 0 Å². The highest BCUT2D eigenvalue weighted by Crippen LogP contribution is 2.12. The highest BCUT2D eigenvalue weighted by atomic mass is 16.6. The van der Waals surface area contributed by atoms with Crippen molar-refractivity contribution in [3.05, 3.63) is 0 Å². The molecule has 0 spiro atoms. The number of unbranched alkanes of at least 4 members (excludes halogenated alkanes) is 16. The van der Waals surface area contributed by atoms with Crippen molar-refractivity contribution in [3.63, 3.8) is 0 Å². The van der Waals surface area contributed by atoms with Crippen molar-refractivity contribution in [2.45, 2.75) is 136 Å². The summed E-state index contributed by atoms with van der Waals surface area (Å²) in [6.45, 7) is 13.5. The van der Waals surface area contributed by atoms with Gasteiger partial charge in [0.1, 0.15) is 6.61 Å². The Morgan fingerprint density at radius 3 is 0.857 bits per heavy atom. The van der Waals surface area contributed by atoms with Gasteiger partial charge < -0.3 is 42.6 Å². The molecule has 0 aliphatic rings. The van der Waals surface area contributed by atoms with Crippen molar-refractivity contribution in [2.24, 2.45) is 0 Å². The smallest absolute Gasteiger partial charge is 0.305 e. The lowest BCUT2D eigenvalue weighted by Crippen LogP contribution is -2.15. The summed E-state index contributed by atoms with van der Waals surface area (Å²) in [5.74, 6) is -0.140. The Kier molecular flexibility index (Phi) is 44.4. The van der Waals surface area contributed by atoms with E-state index in [-0.39, 0.29) is 5.97 Å². The first-order valence-corrected chi connectivity index (χ1v) is 20.1. The minimum Gasteiger partial charge on any atom is -0.463 e. The molecule has 0 aromatic rings. The van der Waals surface area contributed by atoms with Gasteiger partial charge in [-0.05, 0) is 12.8 Å². The summed E-state index contributed by atoms with van der Waals surface area (Å²) in [6.07, 6.45) is 23.9. The zero-order valence-corrected chi connectivity index (χ0v) is 32.0. The molecule has 0 aromatic heterocycles. The summed E-state index contributed by atoms with van der Waals surface area (Å²) >= 11 is 0. The van der Waals surface area contributed by atoms with Crippen molar-refractivity contribution in [1.29, 1.82) is 0 Å². The van der Waals surface area contributed by atoms with E-state index in [0.717, 1.165) is 25.9 Å². The lowest BCUT2D eigenvalue weighted by Gasteiger charge is -2.09. The number of hydrogen-bond donors (Lipinski definition) is 0. The lowest BCUT2D eigenvalue weighted by atomic mass is 10.0. The van der Waals surface area contributed by atoms with Gasteiger partial charge in [-0.2, -0.15) is 0 Å². The normalized spacial score (nSPS) is 11.5. The van der Waals surface area contributed by atoms with Crippen LogP contribution in [0, 0.1) is 0 Å². The molecule has 0 saturated heterocycles. The van der Waals surface area contributed by atoms with Crippen molar-refractivity contribution in [3.8, 4) is 0 Å². The van der Waals surface area contributed by atoms with Gasteiger partial charge in [0, 0.05) is 13.0 Å². The number of hydrogen-bond acceptors (Lipinski definition) is 10. The third-order valence-electron chi connectivity index (χ3n) is 7.97. The molecule has 0 radical (unpaired) electrons. The maximum absolute atomic E-state index is 11.6. The molecular formula is C39H78O10. The van der Waals surface area contributed by atoms with Crippen LogP contribution in [0.5, 0.6) is 0 Å². The molecule has 49 heavy (non-hydrogen) atoms. The van der Waals surface area contributed by atoms with Crippen molar-refractivity contribution in [1.82, 2.24) is 0 Å². The molecule has 0 unspecified atom stereocenters. The predicted octanol–water partition coefficient (Wildman–Crippen LogP) is 8.11. The number of carbonyl (C=O) groups excluding carboxylic acids is 1. The van der Waals surface area contributed by atoms with E-state index >= 15 is 0 Å². The van der Waals surface area contributed by atoms with Gasteiger partial charge in [0.2, 0.25) is 0 Å². The van der Waals surface area contributed by atoms with Crippen molar-refractivity contribution >= 4 is 5.97 Å². The molecule has 0 fully saturated rings. The summed E-state index contributed by atoms with van der Waals surface area (Å²) in [4.78, 5) is 11.6. The molecule has 0 saturated carbocycles. The molecular weight excluding hydrogens is 628 g/mol. The van der Waals surface area contributed by atoms with E-state index in [4.69, 9.17) is 42.6 Å². The van der Waals surface area contributed by atoms with Gasteiger partial charge >= 0.3 is 5.97 Å². The maximum atomic E-state index is 11.6. The lowest BCUT2D eigenvalue weighted by molar-refractivity contribution is -0.145. The number of carbonyl (C=O) groups is 1. The van der Waals surface area contributed by atoms with E-state index in [9.17, 15) is 4.79 Å². The first kappa shape index (κ1) is 48.1. The number of rotatable bonds is 44. The second-order valence-electron chi connectivity index (χ2n) is 12.5. The molecule has 0 bridgehead atoms. The van der Waals surface area contributed by atoms with E-state index in [2.05, 4.69) is 13.8 Å². The standard InChI is InChI=1S/C39H78O10/c1-3-5-7-9-10-11-12-13-14-15-16-18-20-22-41-23-24-42-25-26-43-27-28-44-29-30-45-31-32-46-33-34-47-35-36-48-37-38-49-39(40)21-19-17-8-6-4-2/h3-38H2,1-2H3. The van der Waals surface area contributed by atoms with E-state index in [1.807, 2.05) is 0 Å². The molecule has 0 amide bonds. The third-order valence-corrected chi connectivity index (χ3v) is 7.97. The largest absolute Gasteiger partial charge is 0.463 e. The quantitative estimate of drug-likeness (QED) is 0.0456. The van der Waals surface area contributed by atoms with Crippen LogP contribution in [0.3, 0.4) is 0 Å². The zero-order valence-electron chi connectivity index (χ0n) is 32.0. The molecule has 294 valence electrons. The van der Waals surface area contributed by atoms with Crippen molar-refractivity contribution < 1.29 is 47.4 Å². The minimum atomic E-state index is -0.140. The molecule has 10 heteroatoms. The molecule has 0 aliphatic carbocycles. The summed E-state index contributed by atoms with van der Waals surface area (Å²) in [7, 11) is 0. The fraction of sp³-hybridized carbons (Fsp3) is 0.974. The van der Waals surface area contributed by atoms with E-state index in [1.54, 1.807) is 0 Å². The molecule has 0 rings (SSSR count). The Morgan fingerprint density at radius 1 is 0.286 bits per heavy atom. The van der Waals surface area contributed by atoms with Crippen LogP contribution in [0.2, 0.25) is 0 Å². The van der Waals surface area contributed by atoms with Gasteiger partial charge in [0.05, 0.1) is 99.1 Å². The maximum Gasteiger partial charge on any atom is 0.305 e. The van der Waals surface area contributed by atoms with Crippen LogP contribution in [0.25, 0.3) is 0 Å². The second-order valence-corrected chi connectivity index (χ2v) is 12.5. The minimum absolute atomic E-state index is 0.140. The van der Waals surface area contributed by atoms with Crippen LogP contribution >= 0.6 is 0 Å². The summed E-state index contributed by atoms with van der Waals surface area (Å²) in [5.41, 5.74) is 0. The Morgan fingerprint density at radius 2 is 0.531 bits per heavy atom. The van der Waals surface area contributed by atoms with Gasteiger partial charge in [-0.1, -0.05) is 117 Å². The summed E-state index contributed by atoms with van der Waals surface area (Å²) < 4.78 is 49.3. The van der Waals surface area contributed by atoms with Crippen LogP contribution < -0.4 is 0 Å². The fourth-order valence-corrected chi connectivity index (χ4v) is 5.02. The van der Waals surface area contributed by atoms with Gasteiger partial charge in [0.15, 0.2) is 0 Å². The van der Waals surface area contributed by atoms with E-state index < -0.39 is 0 Å². The molecule has 0 heterocycles. The predicted molar refractivity (Wildman–Crippen MR) is 197 cm³/mol. The highest BCUT2D eigenvalue weighted by Gasteiger charge is 2.02. The SMILES string of the molecule is CCCCCCCCCCCCCCCOCCOCCOCCOCCOCCOCCOCCOCCOC(=O)CCCCCCC. The van der Waals surface area contributed by atoms with Crippen LogP contribution in [0.4, 0.5) is 0 Å². The van der Waals surface area contributed by atoms with Crippen LogP contribution in [0.15, 0.2) is 0 Å². The Hall–Kier alpha value is -0.850. The van der Waals surface area contributed by atoms with Gasteiger partial charge in [0.25, 0.3) is 0 Å². The van der Waals surface area contributed by atoms with Crippen LogP contribution in [-0.4, -0.2) is 118 Å². The zero-order chi connectivity index (χ0) is 35.4. The van der Waals surface area contributed by atoms with Gasteiger partial charge in [-0.3, -0.25) is 4.79 Å². The molecule has 0 atom stereocenters.